The van der Waals surface area contributed by atoms with E-state index in [1.54, 1.807) is 20.9 Å². The fourth-order valence-corrected chi connectivity index (χ4v) is 7.55. The minimum absolute atomic E-state index is 1.16. The molecular formula is C13H6S4. The van der Waals surface area contributed by atoms with E-state index in [-0.39, 0.29) is 0 Å². The summed E-state index contributed by atoms with van der Waals surface area (Å²) in [7, 11) is 0. The molecule has 4 heteroatoms. The van der Waals surface area contributed by atoms with Crippen LogP contribution in [0.5, 0.6) is 0 Å². The number of thiophene rings is 4. The van der Waals surface area contributed by atoms with Crippen LogP contribution in [0.1, 0.15) is 11.1 Å². The molecule has 1 aliphatic rings. The zero-order chi connectivity index (χ0) is 11.0. The fraction of sp³-hybridized carbons (Fsp3) is 0.0769. The van der Waals surface area contributed by atoms with Gasteiger partial charge < -0.3 is 0 Å². The van der Waals surface area contributed by atoms with Crippen molar-refractivity contribution in [2.75, 3.05) is 0 Å². The average molecular weight is 290 g/mol. The van der Waals surface area contributed by atoms with Crippen LogP contribution >= 0.6 is 45.3 Å². The van der Waals surface area contributed by atoms with E-state index in [1.165, 1.54) is 18.8 Å². The summed E-state index contributed by atoms with van der Waals surface area (Å²) in [5, 5.41) is 4.43. The van der Waals surface area contributed by atoms with Gasteiger partial charge in [0, 0.05) is 25.2 Å². The van der Waals surface area contributed by atoms with Gasteiger partial charge in [0.05, 0.1) is 9.75 Å². The molecule has 82 valence electrons. The topological polar surface area (TPSA) is 0 Å². The third-order valence-electron chi connectivity index (χ3n) is 3.34. The van der Waals surface area contributed by atoms with Crippen molar-refractivity contribution in [1.29, 1.82) is 0 Å². The third kappa shape index (κ3) is 1.03. The molecule has 0 atom stereocenters. The van der Waals surface area contributed by atoms with Crippen LogP contribution in [0.15, 0.2) is 22.9 Å². The molecule has 4 aromatic heterocycles. The van der Waals surface area contributed by atoms with E-state index < -0.39 is 0 Å². The lowest BCUT2D eigenvalue weighted by Gasteiger charge is -1.89. The van der Waals surface area contributed by atoms with E-state index in [4.69, 9.17) is 0 Å². The summed E-state index contributed by atoms with van der Waals surface area (Å²) in [6.45, 7) is 0. The standard InChI is InChI=1S/C13H6S4/c1-3-14-10-6-5-7-11-9(2-4-15-11)17-13(7)12(6)16-8(1)10/h1-4H,5H2. The molecule has 0 N–H and O–H groups in total. The van der Waals surface area contributed by atoms with Gasteiger partial charge in [0.2, 0.25) is 0 Å². The molecule has 4 aromatic rings. The first-order valence-electron chi connectivity index (χ1n) is 5.40. The molecule has 0 saturated carbocycles. The first kappa shape index (κ1) is 9.28. The highest BCUT2D eigenvalue weighted by molar-refractivity contribution is 7.34. The smallest absolute Gasteiger partial charge is 0.0502 e. The molecule has 0 fully saturated rings. The second kappa shape index (κ2) is 3.01. The van der Waals surface area contributed by atoms with E-state index in [1.807, 2.05) is 45.3 Å². The maximum absolute atomic E-state index is 2.26. The van der Waals surface area contributed by atoms with E-state index >= 15 is 0 Å². The second-order valence-corrected chi connectivity index (χ2v) is 8.16. The van der Waals surface area contributed by atoms with Crippen LogP contribution in [-0.4, -0.2) is 0 Å². The minimum atomic E-state index is 1.16. The van der Waals surface area contributed by atoms with Crippen molar-refractivity contribution in [3.8, 4) is 9.75 Å². The molecule has 4 heterocycles. The summed E-state index contributed by atoms with van der Waals surface area (Å²) in [4.78, 5) is 3.10. The summed E-state index contributed by atoms with van der Waals surface area (Å²) in [5.41, 5.74) is 3.19. The number of hydrogen-bond donors (Lipinski definition) is 0. The van der Waals surface area contributed by atoms with Gasteiger partial charge in [0.25, 0.3) is 0 Å². The Morgan fingerprint density at radius 1 is 0.765 bits per heavy atom. The van der Waals surface area contributed by atoms with E-state index in [9.17, 15) is 0 Å². The minimum Gasteiger partial charge on any atom is -0.143 e. The normalized spacial score (nSPS) is 13.6. The SMILES string of the molecule is c1cc2sc3c(c2s1)Cc1c-3sc2ccsc12. The van der Waals surface area contributed by atoms with Crippen LogP contribution in [0.25, 0.3) is 28.6 Å². The van der Waals surface area contributed by atoms with Gasteiger partial charge in [-0.15, -0.1) is 45.3 Å². The predicted molar refractivity (Wildman–Crippen MR) is 81.2 cm³/mol. The molecule has 0 amide bonds. The monoisotopic (exact) mass is 290 g/mol. The molecule has 17 heavy (non-hydrogen) atoms. The lowest BCUT2D eigenvalue weighted by atomic mass is 10.2. The molecule has 0 saturated heterocycles. The largest absolute Gasteiger partial charge is 0.143 e. The fourth-order valence-electron chi connectivity index (χ4n) is 2.61. The highest BCUT2D eigenvalue weighted by Gasteiger charge is 2.28. The Morgan fingerprint density at radius 3 is 1.82 bits per heavy atom. The Bertz CT molecular complexity index is 795. The van der Waals surface area contributed by atoms with E-state index in [0.717, 1.165) is 6.42 Å². The average Bonchev–Trinajstić information content (AvgIpc) is 2.99. The van der Waals surface area contributed by atoms with Gasteiger partial charge in [0.15, 0.2) is 0 Å². The van der Waals surface area contributed by atoms with Gasteiger partial charge in [0.1, 0.15) is 0 Å². The van der Waals surface area contributed by atoms with Crippen molar-refractivity contribution in [1.82, 2.24) is 0 Å². The van der Waals surface area contributed by atoms with Crippen molar-refractivity contribution in [3.05, 3.63) is 34.0 Å². The van der Waals surface area contributed by atoms with E-state index in [2.05, 4.69) is 22.9 Å². The molecule has 0 aromatic carbocycles. The zero-order valence-corrected chi connectivity index (χ0v) is 11.9. The van der Waals surface area contributed by atoms with Gasteiger partial charge in [-0.25, -0.2) is 0 Å². The molecule has 0 spiro atoms. The van der Waals surface area contributed by atoms with Gasteiger partial charge >= 0.3 is 0 Å². The number of fused-ring (bicyclic) bond motifs is 7. The van der Waals surface area contributed by atoms with Crippen LogP contribution in [0.2, 0.25) is 0 Å². The summed E-state index contributed by atoms with van der Waals surface area (Å²) >= 11 is 7.76. The quantitative estimate of drug-likeness (QED) is 0.337. The van der Waals surface area contributed by atoms with E-state index in [0.29, 0.717) is 0 Å². The molecule has 0 unspecified atom stereocenters. The number of hydrogen-bond acceptors (Lipinski definition) is 4. The first-order valence-corrected chi connectivity index (χ1v) is 8.79. The van der Waals surface area contributed by atoms with Crippen LogP contribution in [0.4, 0.5) is 0 Å². The van der Waals surface area contributed by atoms with Gasteiger partial charge in [-0.1, -0.05) is 0 Å². The van der Waals surface area contributed by atoms with Crippen LogP contribution in [0, 0.1) is 0 Å². The van der Waals surface area contributed by atoms with Crippen LogP contribution in [0.3, 0.4) is 0 Å². The van der Waals surface area contributed by atoms with Crippen molar-refractivity contribution >= 4 is 64.1 Å². The van der Waals surface area contributed by atoms with Gasteiger partial charge in [-0.3, -0.25) is 0 Å². The third-order valence-corrected chi connectivity index (χ3v) is 8.10. The maximum atomic E-state index is 2.26. The summed E-state index contributed by atoms with van der Waals surface area (Å²) in [6, 6.07) is 4.53. The Labute approximate surface area is 114 Å². The molecular weight excluding hydrogens is 284 g/mol. The molecule has 0 radical (unpaired) electrons. The molecule has 0 aliphatic heterocycles. The van der Waals surface area contributed by atoms with Crippen molar-refractivity contribution < 1.29 is 0 Å². The predicted octanol–water partition coefficient (Wildman–Crippen LogP) is 5.81. The zero-order valence-electron chi connectivity index (χ0n) is 8.65. The Kier molecular flexibility index (Phi) is 1.64. The summed E-state index contributed by atoms with van der Waals surface area (Å²) in [5.74, 6) is 0. The second-order valence-electron chi connectivity index (χ2n) is 4.22. The Balaban J connectivity index is 1.94. The lowest BCUT2D eigenvalue weighted by molar-refractivity contribution is 1.33. The highest BCUT2D eigenvalue weighted by atomic mass is 32.1. The summed E-state index contributed by atoms with van der Waals surface area (Å²) < 4.78 is 6.00. The maximum Gasteiger partial charge on any atom is 0.0502 e. The van der Waals surface area contributed by atoms with Crippen LogP contribution in [-0.2, 0) is 6.42 Å². The first-order chi connectivity index (χ1) is 8.42. The highest BCUT2D eigenvalue weighted by Crippen LogP contribution is 2.54. The van der Waals surface area contributed by atoms with Crippen molar-refractivity contribution in [2.45, 2.75) is 6.42 Å². The van der Waals surface area contributed by atoms with Gasteiger partial charge in [-0.05, 0) is 34.0 Å². The Hall–Kier alpha value is -0.680. The molecule has 0 nitrogen and oxygen atoms in total. The molecule has 5 rings (SSSR count). The Morgan fingerprint density at radius 2 is 1.29 bits per heavy atom. The number of rotatable bonds is 0. The summed E-state index contributed by atoms with van der Waals surface area (Å²) in [6.07, 6.45) is 1.16. The van der Waals surface area contributed by atoms with Crippen LogP contribution < -0.4 is 0 Å². The van der Waals surface area contributed by atoms with Crippen molar-refractivity contribution in [2.24, 2.45) is 0 Å². The van der Waals surface area contributed by atoms with Crippen molar-refractivity contribution in [3.63, 3.8) is 0 Å². The molecule has 0 bridgehead atoms. The molecule has 1 aliphatic carbocycles. The van der Waals surface area contributed by atoms with Gasteiger partial charge in [-0.2, -0.15) is 0 Å². The lowest BCUT2D eigenvalue weighted by Crippen LogP contribution is -1.75.